The van der Waals surface area contributed by atoms with Gasteiger partial charge in [-0.2, -0.15) is 0 Å². The van der Waals surface area contributed by atoms with Crippen molar-refractivity contribution < 1.29 is 9.52 Å². The minimum absolute atomic E-state index is 0.267. The highest BCUT2D eigenvalue weighted by Crippen LogP contribution is 2.30. The van der Waals surface area contributed by atoms with Crippen LogP contribution in [0.1, 0.15) is 12.2 Å². The van der Waals surface area contributed by atoms with Crippen LogP contribution in [-0.2, 0) is 6.54 Å². The molecule has 112 valence electrons. The fraction of sp³-hybridized carbons (Fsp3) is 0.375. The number of halogens is 2. The molecule has 2 heterocycles. The lowest BCUT2D eigenvalue weighted by atomic mass is 10.1. The van der Waals surface area contributed by atoms with Crippen molar-refractivity contribution in [1.82, 2.24) is 4.90 Å². The Morgan fingerprint density at radius 3 is 2.76 bits per heavy atom. The first-order valence-electron chi connectivity index (χ1n) is 7.03. The van der Waals surface area contributed by atoms with Crippen LogP contribution in [0.15, 0.2) is 34.7 Å². The zero-order valence-corrected chi connectivity index (χ0v) is 13.1. The van der Waals surface area contributed by atoms with E-state index in [1.165, 1.54) is 0 Å². The molecule has 0 aliphatic carbocycles. The molecule has 1 aromatic heterocycles. The highest BCUT2D eigenvalue weighted by Gasteiger charge is 2.22. The molecule has 1 N–H and O–H groups in total. The Morgan fingerprint density at radius 1 is 1.19 bits per heavy atom. The van der Waals surface area contributed by atoms with Gasteiger partial charge < -0.3 is 9.52 Å². The van der Waals surface area contributed by atoms with Crippen LogP contribution in [0.4, 0.5) is 0 Å². The molecule has 0 amide bonds. The number of aliphatic hydroxyl groups is 1. The summed E-state index contributed by atoms with van der Waals surface area (Å²) in [5, 5.41) is 10.2. The smallest absolute Gasteiger partial charge is 0.134 e. The number of likely N-dealkylation sites (tertiary alicyclic amines) is 1. The Morgan fingerprint density at radius 2 is 2.05 bits per heavy atom. The van der Waals surface area contributed by atoms with Crippen LogP contribution in [0.3, 0.4) is 0 Å². The van der Waals surface area contributed by atoms with Crippen LogP contribution in [0.25, 0.3) is 11.3 Å². The first kappa shape index (κ1) is 14.9. The lowest BCUT2D eigenvalue weighted by molar-refractivity contribution is 0.216. The van der Waals surface area contributed by atoms with Crippen molar-refractivity contribution in [2.24, 2.45) is 5.92 Å². The van der Waals surface area contributed by atoms with Crippen molar-refractivity contribution in [3.05, 3.63) is 46.1 Å². The molecule has 1 aliphatic rings. The highest BCUT2D eigenvalue weighted by atomic mass is 35.5. The molecule has 1 aliphatic heterocycles. The van der Waals surface area contributed by atoms with Crippen LogP contribution < -0.4 is 0 Å². The molecule has 1 aromatic carbocycles. The molecule has 1 atom stereocenters. The summed E-state index contributed by atoms with van der Waals surface area (Å²) in [5.41, 5.74) is 0.922. The third-order valence-corrected chi connectivity index (χ3v) is 4.61. The van der Waals surface area contributed by atoms with E-state index in [0.29, 0.717) is 16.0 Å². The second-order valence-electron chi connectivity index (χ2n) is 5.47. The summed E-state index contributed by atoms with van der Waals surface area (Å²) in [7, 11) is 0. The van der Waals surface area contributed by atoms with E-state index in [-0.39, 0.29) is 6.61 Å². The summed E-state index contributed by atoms with van der Waals surface area (Å²) in [6, 6.07) is 9.42. The maximum absolute atomic E-state index is 9.18. The average Bonchev–Trinajstić information content (AvgIpc) is 3.11. The number of nitrogens with zero attached hydrogens (tertiary/aromatic N) is 1. The van der Waals surface area contributed by atoms with Gasteiger partial charge in [0.05, 0.1) is 16.6 Å². The van der Waals surface area contributed by atoms with Gasteiger partial charge in [-0.1, -0.05) is 23.2 Å². The molecular formula is C16H17Cl2NO2. The van der Waals surface area contributed by atoms with E-state index in [0.717, 1.165) is 43.1 Å². The molecule has 0 bridgehead atoms. The minimum atomic E-state index is 0.267. The predicted molar refractivity (Wildman–Crippen MR) is 84.6 cm³/mol. The van der Waals surface area contributed by atoms with Gasteiger partial charge in [0, 0.05) is 18.7 Å². The van der Waals surface area contributed by atoms with Crippen LogP contribution >= 0.6 is 23.2 Å². The molecule has 5 heteroatoms. The van der Waals surface area contributed by atoms with Gasteiger partial charge in [0.15, 0.2) is 0 Å². The van der Waals surface area contributed by atoms with Gasteiger partial charge in [0.1, 0.15) is 11.5 Å². The lowest BCUT2D eigenvalue weighted by Crippen LogP contribution is -2.20. The predicted octanol–water partition coefficient (Wildman–Crippen LogP) is 4.07. The number of furan rings is 1. The van der Waals surface area contributed by atoms with E-state index in [2.05, 4.69) is 4.90 Å². The lowest BCUT2D eigenvalue weighted by Gasteiger charge is -2.13. The molecule has 2 aromatic rings. The van der Waals surface area contributed by atoms with Crippen LogP contribution in [0, 0.1) is 5.92 Å². The molecule has 21 heavy (non-hydrogen) atoms. The van der Waals surface area contributed by atoms with Crippen LogP contribution in [-0.4, -0.2) is 29.7 Å². The van der Waals surface area contributed by atoms with Crippen molar-refractivity contribution in [2.75, 3.05) is 19.7 Å². The maximum Gasteiger partial charge on any atom is 0.134 e. The fourth-order valence-electron chi connectivity index (χ4n) is 2.69. The highest BCUT2D eigenvalue weighted by molar-refractivity contribution is 6.42. The standard InChI is InChI=1S/C16H17Cl2NO2/c17-14-3-1-12(7-15(14)18)16-4-2-13(21-16)9-19-6-5-11(8-19)10-20/h1-4,7,11,20H,5-6,8-10H2/t11-/m1/s1. The van der Waals surface area contributed by atoms with Gasteiger partial charge in [-0.3, -0.25) is 4.90 Å². The van der Waals surface area contributed by atoms with Gasteiger partial charge in [0.2, 0.25) is 0 Å². The number of aliphatic hydroxyl groups excluding tert-OH is 1. The zero-order chi connectivity index (χ0) is 14.8. The van der Waals surface area contributed by atoms with Gasteiger partial charge in [-0.25, -0.2) is 0 Å². The molecule has 0 unspecified atom stereocenters. The van der Waals surface area contributed by atoms with E-state index >= 15 is 0 Å². The first-order chi connectivity index (χ1) is 10.2. The van der Waals surface area contributed by atoms with Crippen molar-refractivity contribution >= 4 is 23.2 Å². The van der Waals surface area contributed by atoms with Gasteiger partial charge in [-0.05, 0) is 49.2 Å². The number of rotatable bonds is 4. The largest absolute Gasteiger partial charge is 0.460 e. The molecule has 0 spiro atoms. The van der Waals surface area contributed by atoms with Gasteiger partial charge >= 0.3 is 0 Å². The number of hydrogen-bond acceptors (Lipinski definition) is 3. The molecule has 0 saturated carbocycles. The summed E-state index contributed by atoms with van der Waals surface area (Å²) in [4.78, 5) is 2.30. The summed E-state index contributed by atoms with van der Waals surface area (Å²) < 4.78 is 5.89. The Hall–Kier alpha value is -1.00. The van der Waals surface area contributed by atoms with E-state index < -0.39 is 0 Å². The Bertz CT molecular complexity index is 626. The van der Waals surface area contributed by atoms with Crippen molar-refractivity contribution in [1.29, 1.82) is 0 Å². The quantitative estimate of drug-likeness (QED) is 0.920. The molecular weight excluding hydrogens is 309 g/mol. The Labute approximate surface area is 134 Å². The molecule has 3 rings (SSSR count). The Kier molecular flexibility index (Phi) is 4.55. The second kappa shape index (κ2) is 6.41. The summed E-state index contributed by atoms with van der Waals surface area (Å²) in [6.45, 7) is 2.98. The van der Waals surface area contributed by atoms with Crippen molar-refractivity contribution in [3.63, 3.8) is 0 Å². The van der Waals surface area contributed by atoms with Crippen LogP contribution in [0.2, 0.25) is 10.0 Å². The van der Waals surface area contributed by atoms with Gasteiger partial charge in [0.25, 0.3) is 0 Å². The molecule has 0 radical (unpaired) electrons. The Balaban J connectivity index is 1.70. The zero-order valence-electron chi connectivity index (χ0n) is 11.6. The summed E-state index contributed by atoms with van der Waals surface area (Å²) >= 11 is 12.0. The first-order valence-corrected chi connectivity index (χ1v) is 7.78. The van der Waals surface area contributed by atoms with E-state index in [4.69, 9.17) is 27.6 Å². The van der Waals surface area contributed by atoms with Crippen LogP contribution in [0.5, 0.6) is 0 Å². The van der Waals surface area contributed by atoms with E-state index in [9.17, 15) is 5.11 Å². The van der Waals surface area contributed by atoms with Gasteiger partial charge in [-0.15, -0.1) is 0 Å². The average molecular weight is 326 g/mol. The van der Waals surface area contributed by atoms with E-state index in [1.54, 1.807) is 6.07 Å². The van der Waals surface area contributed by atoms with Crippen molar-refractivity contribution in [2.45, 2.75) is 13.0 Å². The molecule has 1 saturated heterocycles. The third-order valence-electron chi connectivity index (χ3n) is 3.87. The summed E-state index contributed by atoms with van der Waals surface area (Å²) in [5.74, 6) is 2.12. The normalized spacial score (nSPS) is 19.3. The van der Waals surface area contributed by atoms with Crippen molar-refractivity contribution in [3.8, 4) is 11.3 Å². The topological polar surface area (TPSA) is 36.6 Å². The fourth-order valence-corrected chi connectivity index (χ4v) is 2.99. The number of hydrogen-bond donors (Lipinski definition) is 1. The summed E-state index contributed by atoms with van der Waals surface area (Å²) in [6.07, 6.45) is 1.05. The monoisotopic (exact) mass is 325 g/mol. The second-order valence-corrected chi connectivity index (χ2v) is 6.28. The maximum atomic E-state index is 9.18. The molecule has 1 fully saturated rings. The number of benzene rings is 1. The van der Waals surface area contributed by atoms with E-state index in [1.807, 2.05) is 24.3 Å². The SMILES string of the molecule is OC[C@@H]1CCN(Cc2ccc(-c3ccc(Cl)c(Cl)c3)o2)C1. The minimum Gasteiger partial charge on any atom is -0.460 e. The third kappa shape index (κ3) is 3.43. The molecule has 3 nitrogen and oxygen atoms in total.